The zero-order chi connectivity index (χ0) is 10.8. The van der Waals surface area contributed by atoms with Gasteiger partial charge in [0.1, 0.15) is 5.60 Å². The smallest absolute Gasteiger partial charge is 0.112 e. The molecule has 0 fully saturated rings. The summed E-state index contributed by atoms with van der Waals surface area (Å²) >= 11 is 7.40. The van der Waals surface area contributed by atoms with E-state index in [4.69, 9.17) is 22.1 Å². The summed E-state index contributed by atoms with van der Waals surface area (Å²) in [5, 5.41) is 0. The van der Waals surface area contributed by atoms with Crippen LogP contribution >= 0.6 is 22.9 Å². The quantitative estimate of drug-likeness (QED) is 0.868. The van der Waals surface area contributed by atoms with Gasteiger partial charge in [0.2, 0.25) is 0 Å². The standard InChI is InChI=1S/C10H16ClNOS/c1-7(2)13-10(3,6-12)8-4-5-9(11)14-8/h4-5,7H,6,12H2,1-3H3. The third-order valence-electron chi connectivity index (χ3n) is 1.98. The van der Waals surface area contributed by atoms with Gasteiger partial charge in [0, 0.05) is 11.4 Å². The molecule has 80 valence electrons. The van der Waals surface area contributed by atoms with E-state index < -0.39 is 5.60 Å². The average Bonchev–Trinajstić information content (AvgIpc) is 2.51. The zero-order valence-electron chi connectivity index (χ0n) is 8.71. The first-order valence-corrected chi connectivity index (χ1v) is 5.81. The Bertz CT molecular complexity index is 300. The Morgan fingerprint density at radius 2 is 2.21 bits per heavy atom. The van der Waals surface area contributed by atoms with Crippen LogP contribution in [0.2, 0.25) is 4.34 Å². The third-order valence-corrected chi connectivity index (χ3v) is 3.46. The lowest BCUT2D eigenvalue weighted by atomic mass is 10.0. The average molecular weight is 234 g/mol. The van der Waals surface area contributed by atoms with Crippen molar-refractivity contribution in [3.63, 3.8) is 0 Å². The summed E-state index contributed by atoms with van der Waals surface area (Å²) in [6.07, 6.45) is 0.157. The first-order chi connectivity index (χ1) is 6.48. The van der Waals surface area contributed by atoms with Crippen LogP contribution in [0.25, 0.3) is 0 Å². The van der Waals surface area contributed by atoms with E-state index >= 15 is 0 Å². The monoisotopic (exact) mass is 233 g/mol. The number of thiophene rings is 1. The van der Waals surface area contributed by atoms with Crippen LogP contribution in [0.1, 0.15) is 25.6 Å². The highest BCUT2D eigenvalue weighted by molar-refractivity contribution is 7.16. The molecule has 2 N–H and O–H groups in total. The van der Waals surface area contributed by atoms with E-state index in [0.29, 0.717) is 6.54 Å². The molecule has 14 heavy (non-hydrogen) atoms. The molecule has 0 bridgehead atoms. The minimum absolute atomic E-state index is 0.157. The maximum atomic E-state index is 5.88. The highest BCUT2D eigenvalue weighted by Gasteiger charge is 2.28. The number of rotatable bonds is 4. The van der Waals surface area contributed by atoms with E-state index in [1.54, 1.807) is 0 Å². The third kappa shape index (κ3) is 2.70. The van der Waals surface area contributed by atoms with Crippen LogP contribution in [0, 0.1) is 0 Å². The van der Waals surface area contributed by atoms with Crippen LogP contribution in [0.4, 0.5) is 0 Å². The molecule has 1 aromatic rings. The van der Waals surface area contributed by atoms with Crippen LogP contribution in [0.5, 0.6) is 0 Å². The molecule has 0 radical (unpaired) electrons. The summed E-state index contributed by atoms with van der Waals surface area (Å²) in [6, 6.07) is 3.85. The van der Waals surface area contributed by atoms with Crippen LogP contribution < -0.4 is 5.73 Å². The number of ether oxygens (including phenoxy) is 1. The molecule has 1 unspecified atom stereocenters. The minimum Gasteiger partial charge on any atom is -0.366 e. The Kier molecular flexibility index (Phi) is 3.95. The van der Waals surface area contributed by atoms with Crippen LogP contribution in [0.3, 0.4) is 0 Å². The van der Waals surface area contributed by atoms with Crippen LogP contribution in [-0.2, 0) is 10.3 Å². The highest BCUT2D eigenvalue weighted by Crippen LogP contribution is 2.33. The molecular formula is C10H16ClNOS. The van der Waals surface area contributed by atoms with Crippen molar-refractivity contribution < 1.29 is 4.74 Å². The van der Waals surface area contributed by atoms with Crippen molar-refractivity contribution in [2.24, 2.45) is 5.73 Å². The molecule has 0 spiro atoms. The molecule has 1 heterocycles. The molecule has 0 saturated carbocycles. The molecule has 0 saturated heterocycles. The number of hydrogen-bond acceptors (Lipinski definition) is 3. The Balaban J connectivity index is 2.89. The number of halogens is 1. The molecule has 1 aromatic heterocycles. The maximum Gasteiger partial charge on any atom is 0.112 e. The van der Waals surface area contributed by atoms with Crippen LogP contribution in [-0.4, -0.2) is 12.6 Å². The zero-order valence-corrected chi connectivity index (χ0v) is 10.3. The van der Waals surface area contributed by atoms with Crippen molar-refractivity contribution in [1.29, 1.82) is 0 Å². The maximum absolute atomic E-state index is 5.88. The summed E-state index contributed by atoms with van der Waals surface area (Å²) < 4.78 is 6.58. The van der Waals surface area contributed by atoms with E-state index in [1.807, 2.05) is 32.9 Å². The van der Waals surface area contributed by atoms with Gasteiger partial charge in [-0.25, -0.2) is 0 Å². The lowest BCUT2D eigenvalue weighted by Gasteiger charge is -2.29. The van der Waals surface area contributed by atoms with Crippen molar-refractivity contribution in [2.75, 3.05) is 6.54 Å². The van der Waals surface area contributed by atoms with Gasteiger partial charge < -0.3 is 10.5 Å². The van der Waals surface area contributed by atoms with Gasteiger partial charge in [0.15, 0.2) is 0 Å². The van der Waals surface area contributed by atoms with Gasteiger partial charge in [-0.3, -0.25) is 0 Å². The van der Waals surface area contributed by atoms with E-state index in [1.165, 1.54) is 11.3 Å². The molecule has 0 aliphatic rings. The van der Waals surface area contributed by atoms with E-state index in [-0.39, 0.29) is 6.10 Å². The molecule has 0 aliphatic carbocycles. The fourth-order valence-electron chi connectivity index (χ4n) is 1.33. The summed E-state index contributed by atoms with van der Waals surface area (Å²) in [4.78, 5) is 1.08. The van der Waals surface area contributed by atoms with Gasteiger partial charge in [-0.15, -0.1) is 11.3 Å². The lowest BCUT2D eigenvalue weighted by molar-refractivity contribution is -0.0641. The predicted molar refractivity (Wildman–Crippen MR) is 62.0 cm³/mol. The van der Waals surface area contributed by atoms with Gasteiger partial charge >= 0.3 is 0 Å². The van der Waals surface area contributed by atoms with Crippen molar-refractivity contribution >= 4 is 22.9 Å². The molecule has 0 aromatic carbocycles. The molecular weight excluding hydrogens is 218 g/mol. The topological polar surface area (TPSA) is 35.2 Å². The van der Waals surface area contributed by atoms with Crippen LogP contribution in [0.15, 0.2) is 12.1 Å². The molecule has 1 rings (SSSR count). The summed E-state index contributed by atoms with van der Waals surface area (Å²) in [6.45, 7) is 6.46. The second kappa shape index (κ2) is 4.62. The van der Waals surface area contributed by atoms with Gasteiger partial charge in [0.05, 0.1) is 10.4 Å². The van der Waals surface area contributed by atoms with Crippen molar-refractivity contribution in [3.05, 3.63) is 21.3 Å². The van der Waals surface area contributed by atoms with E-state index in [2.05, 4.69) is 0 Å². The fourth-order valence-corrected chi connectivity index (χ4v) is 2.47. The second-order valence-corrected chi connectivity index (χ2v) is 5.42. The SMILES string of the molecule is CC(C)OC(C)(CN)c1ccc(Cl)s1. The first kappa shape index (κ1) is 12.0. The summed E-state index contributed by atoms with van der Waals surface area (Å²) in [7, 11) is 0. The molecule has 4 heteroatoms. The normalized spacial score (nSPS) is 15.9. The van der Waals surface area contributed by atoms with Gasteiger partial charge in [0.25, 0.3) is 0 Å². The van der Waals surface area contributed by atoms with Crippen molar-refractivity contribution in [2.45, 2.75) is 32.5 Å². The Hall–Kier alpha value is -0.0900. The summed E-state index contributed by atoms with van der Waals surface area (Å²) in [5.74, 6) is 0. The van der Waals surface area contributed by atoms with E-state index in [9.17, 15) is 0 Å². The highest BCUT2D eigenvalue weighted by atomic mass is 35.5. The Morgan fingerprint density at radius 1 is 1.57 bits per heavy atom. The van der Waals surface area contributed by atoms with E-state index in [0.717, 1.165) is 9.21 Å². The number of nitrogens with two attached hydrogens (primary N) is 1. The van der Waals surface area contributed by atoms with Gasteiger partial charge in [-0.05, 0) is 32.9 Å². The molecule has 1 atom stereocenters. The van der Waals surface area contributed by atoms with Gasteiger partial charge in [-0.1, -0.05) is 11.6 Å². The minimum atomic E-state index is -0.411. The van der Waals surface area contributed by atoms with Crippen molar-refractivity contribution in [1.82, 2.24) is 0 Å². The lowest BCUT2D eigenvalue weighted by Crippen LogP contribution is -2.36. The molecule has 0 amide bonds. The number of hydrogen-bond donors (Lipinski definition) is 1. The van der Waals surface area contributed by atoms with Crippen molar-refractivity contribution in [3.8, 4) is 0 Å². The predicted octanol–water partition coefficient (Wildman–Crippen LogP) is 3.00. The largest absolute Gasteiger partial charge is 0.366 e. The molecule has 0 aliphatic heterocycles. The fraction of sp³-hybridized carbons (Fsp3) is 0.600. The molecule has 2 nitrogen and oxygen atoms in total. The Morgan fingerprint density at radius 3 is 2.57 bits per heavy atom. The summed E-state index contributed by atoms with van der Waals surface area (Å²) in [5.41, 5.74) is 5.32. The first-order valence-electron chi connectivity index (χ1n) is 4.61. The second-order valence-electron chi connectivity index (χ2n) is 3.71. The van der Waals surface area contributed by atoms with Gasteiger partial charge in [-0.2, -0.15) is 0 Å². The Labute approximate surface area is 94.0 Å².